The molecular formula is C10H13N3O2. The van der Waals surface area contributed by atoms with E-state index in [1.54, 1.807) is 13.0 Å². The van der Waals surface area contributed by atoms with Gasteiger partial charge in [0.2, 0.25) is 5.91 Å². The average molecular weight is 207 g/mol. The summed E-state index contributed by atoms with van der Waals surface area (Å²) >= 11 is 0. The van der Waals surface area contributed by atoms with Crippen LogP contribution in [0.2, 0.25) is 0 Å². The summed E-state index contributed by atoms with van der Waals surface area (Å²) in [5.74, 6) is 0.258. The van der Waals surface area contributed by atoms with Crippen molar-refractivity contribution in [2.75, 3.05) is 5.32 Å². The number of hydrogen-bond donors (Lipinski definition) is 2. The number of anilines is 1. The lowest BCUT2D eigenvalue weighted by molar-refractivity contribution is -0.115. The Morgan fingerprint density at radius 1 is 1.60 bits per heavy atom. The van der Waals surface area contributed by atoms with Crippen LogP contribution in [0.3, 0.4) is 0 Å². The van der Waals surface area contributed by atoms with E-state index in [9.17, 15) is 4.79 Å². The van der Waals surface area contributed by atoms with Crippen molar-refractivity contribution >= 4 is 17.4 Å². The first-order chi connectivity index (χ1) is 7.11. The number of carbonyl (C=O) groups is 1. The Labute approximate surface area is 87.8 Å². The smallest absolute Gasteiger partial charge is 0.231 e. The van der Waals surface area contributed by atoms with Crippen molar-refractivity contribution in [3.05, 3.63) is 23.9 Å². The van der Waals surface area contributed by atoms with Crippen molar-refractivity contribution in [2.24, 2.45) is 5.16 Å². The van der Waals surface area contributed by atoms with E-state index in [0.717, 1.165) is 5.69 Å². The SMILES string of the molecule is C/C(CC(=O)Nc1cccc(C)n1)=N\O. The molecule has 0 aromatic carbocycles. The van der Waals surface area contributed by atoms with Gasteiger partial charge in [-0.3, -0.25) is 4.79 Å². The van der Waals surface area contributed by atoms with Gasteiger partial charge in [-0.25, -0.2) is 4.98 Å². The number of pyridine rings is 1. The van der Waals surface area contributed by atoms with E-state index in [2.05, 4.69) is 15.5 Å². The molecule has 15 heavy (non-hydrogen) atoms. The summed E-state index contributed by atoms with van der Waals surface area (Å²) in [4.78, 5) is 15.5. The van der Waals surface area contributed by atoms with Gasteiger partial charge in [-0.15, -0.1) is 0 Å². The average Bonchev–Trinajstić information content (AvgIpc) is 2.17. The van der Waals surface area contributed by atoms with Gasteiger partial charge < -0.3 is 10.5 Å². The number of amides is 1. The topological polar surface area (TPSA) is 74.6 Å². The molecule has 0 aliphatic rings. The van der Waals surface area contributed by atoms with Crippen LogP contribution < -0.4 is 5.32 Å². The summed E-state index contributed by atoms with van der Waals surface area (Å²) in [6.07, 6.45) is 0.0616. The van der Waals surface area contributed by atoms with E-state index in [1.807, 2.05) is 19.1 Å². The monoisotopic (exact) mass is 207 g/mol. The van der Waals surface area contributed by atoms with Crippen LogP contribution in [0.25, 0.3) is 0 Å². The molecule has 0 spiro atoms. The van der Waals surface area contributed by atoms with Crippen LogP contribution in [0.5, 0.6) is 0 Å². The Balaban J connectivity index is 2.59. The van der Waals surface area contributed by atoms with Crippen molar-refractivity contribution in [3.8, 4) is 0 Å². The van der Waals surface area contributed by atoms with Gasteiger partial charge in [0.1, 0.15) is 5.82 Å². The van der Waals surface area contributed by atoms with E-state index in [1.165, 1.54) is 0 Å². The minimum Gasteiger partial charge on any atom is -0.411 e. The third-order valence-electron chi connectivity index (χ3n) is 1.74. The number of hydrogen-bond acceptors (Lipinski definition) is 4. The van der Waals surface area contributed by atoms with Crippen LogP contribution in [0.1, 0.15) is 19.0 Å². The van der Waals surface area contributed by atoms with Crippen molar-refractivity contribution < 1.29 is 10.0 Å². The van der Waals surface area contributed by atoms with Gasteiger partial charge in [-0.05, 0) is 26.0 Å². The number of rotatable bonds is 3. The fourth-order valence-corrected chi connectivity index (χ4v) is 1.07. The second-order valence-electron chi connectivity index (χ2n) is 3.22. The summed E-state index contributed by atoms with van der Waals surface area (Å²) < 4.78 is 0. The summed E-state index contributed by atoms with van der Waals surface area (Å²) in [6.45, 7) is 3.42. The Hall–Kier alpha value is -1.91. The molecule has 0 aliphatic carbocycles. The molecule has 2 N–H and O–H groups in total. The fraction of sp³-hybridized carbons (Fsp3) is 0.300. The molecule has 80 valence electrons. The molecule has 0 aliphatic heterocycles. The van der Waals surface area contributed by atoms with Crippen LogP contribution in [-0.2, 0) is 4.79 Å². The lowest BCUT2D eigenvalue weighted by Crippen LogP contribution is -2.15. The van der Waals surface area contributed by atoms with E-state index >= 15 is 0 Å². The number of aromatic nitrogens is 1. The van der Waals surface area contributed by atoms with Crippen molar-refractivity contribution in [2.45, 2.75) is 20.3 Å². The van der Waals surface area contributed by atoms with Gasteiger partial charge in [-0.2, -0.15) is 0 Å². The highest BCUT2D eigenvalue weighted by Gasteiger charge is 2.05. The van der Waals surface area contributed by atoms with E-state index in [0.29, 0.717) is 11.5 Å². The molecule has 0 saturated carbocycles. The molecule has 0 radical (unpaired) electrons. The Morgan fingerprint density at radius 2 is 2.33 bits per heavy atom. The molecule has 0 unspecified atom stereocenters. The molecule has 1 aromatic heterocycles. The van der Waals surface area contributed by atoms with Gasteiger partial charge in [0.05, 0.1) is 12.1 Å². The van der Waals surface area contributed by atoms with Crippen LogP contribution in [0.15, 0.2) is 23.4 Å². The predicted octanol–water partition coefficient (Wildman–Crippen LogP) is 1.57. The second kappa shape index (κ2) is 5.09. The van der Waals surface area contributed by atoms with Crippen molar-refractivity contribution in [1.29, 1.82) is 0 Å². The largest absolute Gasteiger partial charge is 0.411 e. The van der Waals surface area contributed by atoms with Gasteiger partial charge in [0, 0.05) is 5.69 Å². The molecule has 5 heteroatoms. The molecule has 1 rings (SSSR count). The minimum atomic E-state index is -0.247. The first-order valence-electron chi connectivity index (χ1n) is 4.53. The van der Waals surface area contributed by atoms with Crippen LogP contribution in [-0.4, -0.2) is 21.8 Å². The number of nitrogens with one attached hydrogen (secondary N) is 1. The zero-order valence-corrected chi connectivity index (χ0v) is 8.69. The fourth-order valence-electron chi connectivity index (χ4n) is 1.07. The quantitative estimate of drug-likeness (QED) is 0.449. The van der Waals surface area contributed by atoms with Crippen LogP contribution in [0.4, 0.5) is 5.82 Å². The van der Waals surface area contributed by atoms with Gasteiger partial charge in [0.25, 0.3) is 0 Å². The van der Waals surface area contributed by atoms with E-state index < -0.39 is 0 Å². The normalized spacial score (nSPS) is 11.2. The maximum atomic E-state index is 11.4. The lowest BCUT2D eigenvalue weighted by atomic mass is 10.3. The van der Waals surface area contributed by atoms with E-state index in [4.69, 9.17) is 5.21 Å². The maximum Gasteiger partial charge on any atom is 0.231 e. The Kier molecular flexibility index (Phi) is 3.79. The summed E-state index contributed by atoms with van der Waals surface area (Å²) in [5.41, 5.74) is 1.19. The molecule has 0 atom stereocenters. The minimum absolute atomic E-state index is 0.0616. The molecule has 1 aromatic rings. The zero-order chi connectivity index (χ0) is 11.3. The zero-order valence-electron chi connectivity index (χ0n) is 8.69. The van der Waals surface area contributed by atoms with Crippen molar-refractivity contribution in [3.63, 3.8) is 0 Å². The van der Waals surface area contributed by atoms with E-state index in [-0.39, 0.29) is 12.3 Å². The first kappa shape index (κ1) is 11.2. The lowest BCUT2D eigenvalue weighted by Gasteiger charge is -2.03. The summed E-state index contributed by atoms with van der Waals surface area (Å²) in [7, 11) is 0. The maximum absolute atomic E-state index is 11.4. The van der Waals surface area contributed by atoms with Gasteiger partial charge in [-0.1, -0.05) is 11.2 Å². The second-order valence-corrected chi connectivity index (χ2v) is 3.22. The highest BCUT2D eigenvalue weighted by atomic mass is 16.4. The number of aryl methyl sites for hydroxylation is 1. The first-order valence-corrected chi connectivity index (χ1v) is 4.53. The van der Waals surface area contributed by atoms with Crippen LogP contribution >= 0.6 is 0 Å². The molecule has 0 saturated heterocycles. The Morgan fingerprint density at radius 3 is 2.93 bits per heavy atom. The van der Waals surface area contributed by atoms with Crippen LogP contribution in [0, 0.1) is 6.92 Å². The Bertz CT molecular complexity index is 388. The van der Waals surface area contributed by atoms with Crippen molar-refractivity contribution in [1.82, 2.24) is 4.98 Å². The highest BCUT2D eigenvalue weighted by Crippen LogP contribution is 2.04. The number of nitrogens with zero attached hydrogens (tertiary/aromatic N) is 2. The molecule has 1 heterocycles. The summed E-state index contributed by atoms with van der Waals surface area (Å²) in [6, 6.07) is 5.36. The number of oxime groups is 1. The highest BCUT2D eigenvalue weighted by molar-refractivity contribution is 6.04. The predicted molar refractivity (Wildman–Crippen MR) is 57.1 cm³/mol. The molecule has 5 nitrogen and oxygen atoms in total. The molecule has 0 fully saturated rings. The summed E-state index contributed by atoms with van der Waals surface area (Å²) in [5, 5.41) is 13.9. The molecule has 1 amide bonds. The standard InChI is InChI=1S/C10H13N3O2/c1-7-4-3-5-9(11-7)12-10(14)6-8(2)13-15/h3-5,15H,6H2,1-2H3,(H,11,12,14)/b13-8+. The van der Waals surface area contributed by atoms with Gasteiger partial charge in [0.15, 0.2) is 0 Å². The third-order valence-corrected chi connectivity index (χ3v) is 1.74. The number of carbonyl (C=O) groups excluding carboxylic acids is 1. The van der Waals surface area contributed by atoms with Gasteiger partial charge >= 0.3 is 0 Å². The molecular weight excluding hydrogens is 194 g/mol. The third kappa shape index (κ3) is 3.76. The molecule has 0 bridgehead atoms.